The highest BCUT2D eigenvalue weighted by Gasteiger charge is 1.97. The number of hydrogen-bond donors (Lipinski definition) is 2. The van der Waals surface area contributed by atoms with Crippen LogP contribution in [0.5, 0.6) is 0 Å². The van der Waals surface area contributed by atoms with E-state index < -0.39 is 0 Å². The molecule has 1 heterocycles. The van der Waals surface area contributed by atoms with Gasteiger partial charge in [0.05, 0.1) is 0 Å². The zero-order valence-electron chi connectivity index (χ0n) is 8.65. The van der Waals surface area contributed by atoms with Crippen molar-refractivity contribution in [2.75, 3.05) is 5.32 Å². The number of aromatic nitrogens is 1. The molecule has 0 amide bonds. The molecule has 1 aromatic carbocycles. The molecule has 3 nitrogen and oxygen atoms in total. The van der Waals surface area contributed by atoms with Crippen molar-refractivity contribution in [3.8, 4) is 0 Å². The SMILES string of the molecule is NCc1ccc(Nc2cccc(Cl)c2)nc1. The molecule has 82 valence electrons. The second-order valence-corrected chi connectivity index (χ2v) is 3.83. The number of hydrogen-bond acceptors (Lipinski definition) is 3. The van der Waals surface area contributed by atoms with E-state index in [9.17, 15) is 0 Å². The summed E-state index contributed by atoms with van der Waals surface area (Å²) in [6.07, 6.45) is 1.76. The number of pyridine rings is 1. The first kappa shape index (κ1) is 10.9. The van der Waals surface area contributed by atoms with Crippen molar-refractivity contribution in [3.63, 3.8) is 0 Å². The summed E-state index contributed by atoms with van der Waals surface area (Å²) >= 11 is 5.88. The topological polar surface area (TPSA) is 50.9 Å². The number of nitrogens with one attached hydrogen (secondary N) is 1. The second kappa shape index (κ2) is 4.96. The summed E-state index contributed by atoms with van der Waals surface area (Å²) in [6.45, 7) is 0.504. The van der Waals surface area contributed by atoms with E-state index in [4.69, 9.17) is 17.3 Å². The van der Waals surface area contributed by atoms with Crippen LogP contribution in [-0.2, 0) is 6.54 Å². The highest BCUT2D eigenvalue weighted by molar-refractivity contribution is 6.30. The fourth-order valence-electron chi connectivity index (χ4n) is 1.33. The Balaban J connectivity index is 2.14. The first-order valence-corrected chi connectivity index (χ1v) is 5.33. The maximum atomic E-state index is 5.88. The van der Waals surface area contributed by atoms with Gasteiger partial charge >= 0.3 is 0 Å². The normalized spacial score (nSPS) is 10.1. The molecule has 0 saturated heterocycles. The van der Waals surface area contributed by atoms with Crippen LogP contribution >= 0.6 is 11.6 Å². The Kier molecular flexibility index (Phi) is 3.39. The van der Waals surface area contributed by atoms with Gasteiger partial charge in [-0.25, -0.2) is 4.98 Å². The van der Waals surface area contributed by atoms with Crippen molar-refractivity contribution in [1.29, 1.82) is 0 Å². The minimum Gasteiger partial charge on any atom is -0.340 e. The summed E-state index contributed by atoms with van der Waals surface area (Å²) in [5, 5.41) is 3.86. The van der Waals surface area contributed by atoms with Gasteiger partial charge in [0.15, 0.2) is 0 Å². The van der Waals surface area contributed by atoms with Gasteiger partial charge in [-0.1, -0.05) is 23.7 Å². The molecule has 0 bridgehead atoms. The lowest BCUT2D eigenvalue weighted by molar-refractivity contribution is 1.05. The summed E-state index contributed by atoms with van der Waals surface area (Å²) in [5.41, 5.74) is 7.42. The van der Waals surface area contributed by atoms with Crippen molar-refractivity contribution >= 4 is 23.1 Å². The van der Waals surface area contributed by atoms with Gasteiger partial charge in [0.25, 0.3) is 0 Å². The monoisotopic (exact) mass is 233 g/mol. The fourth-order valence-corrected chi connectivity index (χ4v) is 1.52. The summed E-state index contributed by atoms with van der Waals surface area (Å²) in [6, 6.07) is 11.3. The minimum atomic E-state index is 0.504. The van der Waals surface area contributed by atoms with Crippen LogP contribution in [0.1, 0.15) is 5.56 Å². The standard InChI is InChI=1S/C12H12ClN3/c13-10-2-1-3-11(6-10)16-12-5-4-9(7-14)8-15-12/h1-6,8H,7,14H2,(H,15,16). The number of benzene rings is 1. The molecule has 2 rings (SSSR count). The van der Waals surface area contributed by atoms with E-state index in [1.54, 1.807) is 6.20 Å². The molecule has 0 fully saturated rings. The maximum Gasteiger partial charge on any atom is 0.130 e. The number of halogens is 1. The molecule has 0 aliphatic rings. The zero-order chi connectivity index (χ0) is 11.4. The Morgan fingerprint density at radius 2 is 2.12 bits per heavy atom. The minimum absolute atomic E-state index is 0.504. The highest BCUT2D eigenvalue weighted by atomic mass is 35.5. The average Bonchev–Trinajstić information content (AvgIpc) is 2.30. The molecule has 0 spiro atoms. The fraction of sp³-hybridized carbons (Fsp3) is 0.0833. The third-order valence-electron chi connectivity index (χ3n) is 2.16. The van der Waals surface area contributed by atoms with Crippen molar-refractivity contribution in [2.45, 2.75) is 6.54 Å². The first-order valence-electron chi connectivity index (χ1n) is 4.95. The van der Waals surface area contributed by atoms with E-state index >= 15 is 0 Å². The van der Waals surface area contributed by atoms with E-state index in [0.717, 1.165) is 17.1 Å². The van der Waals surface area contributed by atoms with Gasteiger partial charge in [0.2, 0.25) is 0 Å². The van der Waals surface area contributed by atoms with Crippen molar-refractivity contribution < 1.29 is 0 Å². The number of anilines is 2. The maximum absolute atomic E-state index is 5.88. The smallest absolute Gasteiger partial charge is 0.130 e. The molecule has 0 aliphatic heterocycles. The molecular weight excluding hydrogens is 222 g/mol. The van der Waals surface area contributed by atoms with Gasteiger partial charge in [-0.15, -0.1) is 0 Å². The molecular formula is C12H12ClN3. The van der Waals surface area contributed by atoms with Crippen molar-refractivity contribution in [3.05, 3.63) is 53.2 Å². The van der Waals surface area contributed by atoms with Gasteiger partial charge in [-0.3, -0.25) is 0 Å². The van der Waals surface area contributed by atoms with Gasteiger partial charge in [-0.2, -0.15) is 0 Å². The van der Waals surface area contributed by atoms with Gasteiger partial charge in [-0.05, 0) is 29.8 Å². The molecule has 0 saturated carbocycles. The first-order chi connectivity index (χ1) is 7.78. The third-order valence-corrected chi connectivity index (χ3v) is 2.39. The van der Waals surface area contributed by atoms with Crippen LogP contribution in [0.4, 0.5) is 11.5 Å². The van der Waals surface area contributed by atoms with Gasteiger partial charge in [0.1, 0.15) is 5.82 Å². The van der Waals surface area contributed by atoms with E-state index in [1.165, 1.54) is 0 Å². The summed E-state index contributed by atoms with van der Waals surface area (Å²) < 4.78 is 0. The molecule has 16 heavy (non-hydrogen) atoms. The Hall–Kier alpha value is -1.58. The van der Waals surface area contributed by atoms with Gasteiger partial charge in [0, 0.05) is 23.5 Å². The van der Waals surface area contributed by atoms with Crippen LogP contribution < -0.4 is 11.1 Å². The van der Waals surface area contributed by atoms with E-state index in [0.29, 0.717) is 11.6 Å². The lowest BCUT2D eigenvalue weighted by Gasteiger charge is -2.06. The number of nitrogens with two attached hydrogens (primary N) is 1. The highest BCUT2D eigenvalue weighted by Crippen LogP contribution is 2.18. The van der Waals surface area contributed by atoms with Crippen LogP contribution in [0, 0.1) is 0 Å². The zero-order valence-corrected chi connectivity index (χ0v) is 9.41. The summed E-state index contributed by atoms with van der Waals surface area (Å²) in [7, 11) is 0. The molecule has 3 N–H and O–H groups in total. The molecule has 0 radical (unpaired) electrons. The van der Waals surface area contributed by atoms with Crippen molar-refractivity contribution in [2.24, 2.45) is 5.73 Å². The van der Waals surface area contributed by atoms with Crippen LogP contribution in [0.15, 0.2) is 42.6 Å². The lowest BCUT2D eigenvalue weighted by Crippen LogP contribution is -1.98. The number of rotatable bonds is 3. The number of nitrogens with zero attached hydrogens (tertiary/aromatic N) is 1. The lowest BCUT2D eigenvalue weighted by atomic mass is 10.3. The third kappa shape index (κ3) is 2.72. The van der Waals surface area contributed by atoms with Crippen LogP contribution in [-0.4, -0.2) is 4.98 Å². The quantitative estimate of drug-likeness (QED) is 0.857. The van der Waals surface area contributed by atoms with E-state index in [1.807, 2.05) is 36.4 Å². The van der Waals surface area contributed by atoms with Crippen molar-refractivity contribution in [1.82, 2.24) is 4.98 Å². The molecule has 1 aromatic heterocycles. The molecule has 0 unspecified atom stereocenters. The summed E-state index contributed by atoms with van der Waals surface area (Å²) in [5.74, 6) is 0.777. The van der Waals surface area contributed by atoms with E-state index in [-0.39, 0.29) is 0 Å². The Morgan fingerprint density at radius 3 is 2.75 bits per heavy atom. The Bertz CT molecular complexity index is 468. The average molecular weight is 234 g/mol. The molecule has 4 heteroatoms. The molecule has 0 aliphatic carbocycles. The molecule has 2 aromatic rings. The van der Waals surface area contributed by atoms with Crippen LogP contribution in [0.2, 0.25) is 5.02 Å². The van der Waals surface area contributed by atoms with Crippen LogP contribution in [0.25, 0.3) is 0 Å². The molecule has 0 atom stereocenters. The predicted octanol–water partition coefficient (Wildman–Crippen LogP) is 2.94. The predicted molar refractivity (Wildman–Crippen MR) is 66.9 cm³/mol. The van der Waals surface area contributed by atoms with Crippen LogP contribution in [0.3, 0.4) is 0 Å². The van der Waals surface area contributed by atoms with Gasteiger partial charge < -0.3 is 11.1 Å². The van der Waals surface area contributed by atoms with E-state index in [2.05, 4.69) is 10.3 Å². The second-order valence-electron chi connectivity index (χ2n) is 3.39. The Labute approximate surface area is 99.3 Å². The summed E-state index contributed by atoms with van der Waals surface area (Å²) in [4.78, 5) is 4.24. The Morgan fingerprint density at radius 1 is 1.25 bits per heavy atom. The largest absolute Gasteiger partial charge is 0.340 e.